The predicted molar refractivity (Wildman–Crippen MR) is 136 cm³/mol. The minimum absolute atomic E-state index is 0.105. The first-order valence-electron chi connectivity index (χ1n) is 11.7. The number of morpholine rings is 1. The topological polar surface area (TPSA) is 94.9 Å². The number of anilines is 1. The molecule has 10 heteroatoms. The molecule has 4 rings (SSSR count). The van der Waals surface area contributed by atoms with Gasteiger partial charge in [0.05, 0.1) is 36.7 Å². The van der Waals surface area contributed by atoms with Gasteiger partial charge in [0, 0.05) is 37.0 Å². The lowest BCUT2D eigenvalue weighted by atomic mass is 10.1. The van der Waals surface area contributed by atoms with Crippen molar-refractivity contribution in [2.45, 2.75) is 6.92 Å². The molecule has 1 amide bonds. The lowest BCUT2D eigenvalue weighted by Crippen LogP contribution is -2.40. The van der Waals surface area contributed by atoms with Crippen molar-refractivity contribution in [3.05, 3.63) is 64.8 Å². The van der Waals surface area contributed by atoms with Crippen molar-refractivity contribution in [1.29, 1.82) is 0 Å². The summed E-state index contributed by atoms with van der Waals surface area (Å²) < 4.78 is 18.2. The van der Waals surface area contributed by atoms with Crippen LogP contribution in [0.25, 0.3) is 11.3 Å². The summed E-state index contributed by atoms with van der Waals surface area (Å²) in [4.78, 5) is 26.9. The fourth-order valence-electron chi connectivity index (χ4n) is 3.92. The molecule has 1 aliphatic heterocycles. The molecular formula is C26H29ClN4O5. The highest BCUT2D eigenvalue weighted by Gasteiger charge is 2.18. The Hall–Kier alpha value is -3.40. The van der Waals surface area contributed by atoms with Crippen molar-refractivity contribution >= 4 is 29.2 Å². The van der Waals surface area contributed by atoms with Gasteiger partial charge >= 0.3 is 5.97 Å². The SMILES string of the molecule is Cc1cccc(C(=O)Nc2ccc(OCCOC(=O)CN3CCOCC3)c(-c3c(Cl)cnn3C)c2)c1. The average molecular weight is 513 g/mol. The third kappa shape index (κ3) is 6.63. The molecule has 0 aliphatic carbocycles. The highest BCUT2D eigenvalue weighted by atomic mass is 35.5. The largest absolute Gasteiger partial charge is 0.489 e. The Labute approximate surface area is 214 Å². The Balaban J connectivity index is 1.43. The minimum Gasteiger partial charge on any atom is -0.489 e. The minimum atomic E-state index is -0.301. The van der Waals surface area contributed by atoms with Gasteiger partial charge in [0.1, 0.15) is 19.0 Å². The molecule has 36 heavy (non-hydrogen) atoms. The van der Waals surface area contributed by atoms with Gasteiger partial charge in [-0.25, -0.2) is 0 Å². The van der Waals surface area contributed by atoms with Gasteiger partial charge < -0.3 is 19.5 Å². The maximum atomic E-state index is 12.8. The second kappa shape index (κ2) is 12.0. The van der Waals surface area contributed by atoms with Gasteiger partial charge in [-0.2, -0.15) is 5.10 Å². The van der Waals surface area contributed by atoms with E-state index in [1.54, 1.807) is 42.2 Å². The summed E-state index contributed by atoms with van der Waals surface area (Å²) in [5.74, 6) is 0.00416. The number of nitrogens with zero attached hydrogens (tertiary/aromatic N) is 3. The monoisotopic (exact) mass is 512 g/mol. The molecule has 2 heterocycles. The van der Waals surface area contributed by atoms with Crippen LogP contribution in [0.3, 0.4) is 0 Å². The van der Waals surface area contributed by atoms with Gasteiger partial charge in [-0.1, -0.05) is 29.3 Å². The van der Waals surface area contributed by atoms with Gasteiger partial charge in [-0.3, -0.25) is 19.2 Å². The van der Waals surface area contributed by atoms with Crippen LogP contribution in [0.1, 0.15) is 15.9 Å². The van der Waals surface area contributed by atoms with Crippen LogP contribution < -0.4 is 10.1 Å². The van der Waals surface area contributed by atoms with Crippen LogP contribution in [0.5, 0.6) is 5.75 Å². The van der Waals surface area contributed by atoms with Gasteiger partial charge in [-0.15, -0.1) is 0 Å². The quantitative estimate of drug-likeness (QED) is 0.346. The van der Waals surface area contributed by atoms with E-state index in [2.05, 4.69) is 10.4 Å². The molecule has 0 spiro atoms. The van der Waals surface area contributed by atoms with E-state index in [0.29, 0.717) is 59.6 Å². The average Bonchev–Trinajstić information content (AvgIpc) is 3.20. The van der Waals surface area contributed by atoms with Crippen LogP contribution in [-0.4, -0.2) is 72.6 Å². The number of carbonyl (C=O) groups is 2. The Morgan fingerprint density at radius 2 is 1.94 bits per heavy atom. The first-order valence-corrected chi connectivity index (χ1v) is 12.1. The first kappa shape index (κ1) is 25.7. The van der Waals surface area contributed by atoms with Crippen molar-refractivity contribution in [2.75, 3.05) is 51.4 Å². The standard InChI is InChI=1S/C26H29ClN4O5/c1-18-4-3-5-19(14-18)26(33)29-20-6-7-23(21(15-20)25-22(27)16-28-30(25)2)35-12-13-36-24(32)17-31-8-10-34-11-9-31/h3-7,14-16H,8-13,17H2,1-2H3,(H,29,33). The third-order valence-electron chi connectivity index (χ3n) is 5.73. The molecule has 3 aromatic rings. The molecule has 1 saturated heterocycles. The summed E-state index contributed by atoms with van der Waals surface area (Å²) in [6, 6.07) is 12.7. The summed E-state index contributed by atoms with van der Waals surface area (Å²) in [6.07, 6.45) is 1.55. The van der Waals surface area contributed by atoms with E-state index in [1.807, 2.05) is 30.0 Å². The zero-order valence-electron chi connectivity index (χ0n) is 20.3. The van der Waals surface area contributed by atoms with Crippen molar-refractivity contribution in [3.8, 4) is 17.0 Å². The Kier molecular flexibility index (Phi) is 8.58. The summed E-state index contributed by atoms with van der Waals surface area (Å²) in [7, 11) is 1.77. The van der Waals surface area contributed by atoms with Crippen LogP contribution in [0.4, 0.5) is 5.69 Å². The zero-order chi connectivity index (χ0) is 25.5. The van der Waals surface area contributed by atoms with Crippen LogP contribution in [-0.2, 0) is 21.3 Å². The summed E-state index contributed by atoms with van der Waals surface area (Å²) >= 11 is 6.41. The molecule has 0 radical (unpaired) electrons. The Bertz CT molecular complexity index is 1200. The lowest BCUT2D eigenvalue weighted by molar-refractivity contribution is -0.146. The Morgan fingerprint density at radius 3 is 2.67 bits per heavy atom. The molecular weight excluding hydrogens is 484 g/mol. The van der Waals surface area contributed by atoms with Crippen molar-refractivity contribution in [3.63, 3.8) is 0 Å². The lowest BCUT2D eigenvalue weighted by Gasteiger charge is -2.25. The Morgan fingerprint density at radius 1 is 1.14 bits per heavy atom. The van der Waals surface area contributed by atoms with E-state index in [4.69, 9.17) is 25.8 Å². The highest BCUT2D eigenvalue weighted by molar-refractivity contribution is 6.33. The van der Waals surface area contributed by atoms with E-state index < -0.39 is 0 Å². The number of nitrogens with one attached hydrogen (secondary N) is 1. The highest BCUT2D eigenvalue weighted by Crippen LogP contribution is 2.36. The van der Waals surface area contributed by atoms with Crippen molar-refractivity contribution in [1.82, 2.24) is 14.7 Å². The molecule has 1 aromatic heterocycles. The third-order valence-corrected chi connectivity index (χ3v) is 6.00. The van der Waals surface area contributed by atoms with E-state index in [9.17, 15) is 9.59 Å². The molecule has 2 aromatic carbocycles. The maximum Gasteiger partial charge on any atom is 0.320 e. The van der Waals surface area contributed by atoms with Crippen molar-refractivity contribution in [2.24, 2.45) is 7.05 Å². The van der Waals surface area contributed by atoms with E-state index in [-0.39, 0.29) is 31.6 Å². The number of aromatic nitrogens is 2. The molecule has 0 saturated carbocycles. The fourth-order valence-corrected chi connectivity index (χ4v) is 4.18. The van der Waals surface area contributed by atoms with E-state index >= 15 is 0 Å². The molecule has 1 fully saturated rings. The van der Waals surface area contributed by atoms with E-state index in [1.165, 1.54) is 0 Å². The molecule has 0 atom stereocenters. The van der Waals surface area contributed by atoms with Crippen LogP contribution in [0.2, 0.25) is 5.02 Å². The normalized spacial score (nSPS) is 13.9. The molecule has 1 N–H and O–H groups in total. The number of aryl methyl sites for hydroxylation is 2. The van der Waals surface area contributed by atoms with E-state index in [0.717, 1.165) is 5.56 Å². The molecule has 190 valence electrons. The van der Waals surface area contributed by atoms with Gasteiger partial charge in [0.25, 0.3) is 5.91 Å². The zero-order valence-corrected chi connectivity index (χ0v) is 21.1. The van der Waals surface area contributed by atoms with Crippen LogP contribution >= 0.6 is 11.6 Å². The van der Waals surface area contributed by atoms with Crippen LogP contribution in [0, 0.1) is 6.92 Å². The fraction of sp³-hybridized carbons (Fsp3) is 0.346. The molecule has 0 bridgehead atoms. The maximum absolute atomic E-state index is 12.8. The first-order chi connectivity index (χ1) is 17.4. The number of benzene rings is 2. The number of hydrogen-bond acceptors (Lipinski definition) is 7. The number of halogens is 1. The summed E-state index contributed by atoms with van der Waals surface area (Å²) in [6.45, 7) is 5.11. The second-order valence-corrected chi connectivity index (χ2v) is 8.86. The predicted octanol–water partition coefficient (Wildman–Crippen LogP) is 3.56. The summed E-state index contributed by atoms with van der Waals surface area (Å²) in [5, 5.41) is 7.59. The molecule has 0 unspecified atom stereocenters. The van der Waals surface area contributed by atoms with Gasteiger partial charge in [-0.05, 0) is 37.3 Å². The number of esters is 1. The number of amides is 1. The molecule has 1 aliphatic rings. The van der Waals surface area contributed by atoms with Gasteiger partial charge in [0.15, 0.2) is 0 Å². The molecule has 9 nitrogen and oxygen atoms in total. The second-order valence-electron chi connectivity index (χ2n) is 8.46. The number of rotatable bonds is 9. The van der Waals surface area contributed by atoms with Crippen LogP contribution in [0.15, 0.2) is 48.7 Å². The number of carbonyl (C=O) groups excluding carboxylic acids is 2. The smallest absolute Gasteiger partial charge is 0.320 e. The van der Waals surface area contributed by atoms with Crippen molar-refractivity contribution < 1.29 is 23.8 Å². The number of ether oxygens (including phenoxy) is 3. The summed E-state index contributed by atoms with van der Waals surface area (Å²) in [5.41, 5.74) is 3.44. The number of hydrogen-bond donors (Lipinski definition) is 1. The van der Waals surface area contributed by atoms with Gasteiger partial charge in [0.2, 0.25) is 0 Å².